The first-order chi connectivity index (χ1) is 15.7. The number of benzene rings is 2. The summed E-state index contributed by atoms with van der Waals surface area (Å²) in [6.45, 7) is 1.13. The van der Waals surface area contributed by atoms with E-state index in [0.29, 0.717) is 36.1 Å². The maximum Gasteiger partial charge on any atom is 0.163 e. The molecule has 0 N–H and O–H groups in total. The molecule has 0 fully saturated rings. The van der Waals surface area contributed by atoms with Crippen LogP contribution in [-0.4, -0.2) is 23.7 Å². The predicted octanol–water partition coefficient (Wildman–Crippen LogP) is 6.10. The molecule has 162 valence electrons. The van der Waals surface area contributed by atoms with E-state index in [1.54, 1.807) is 19.5 Å². The van der Waals surface area contributed by atoms with Crippen LogP contribution in [0, 0.1) is 0 Å². The van der Waals surface area contributed by atoms with E-state index in [1.807, 2.05) is 72.9 Å². The molecule has 4 aromatic rings. The molecule has 0 aliphatic rings. The van der Waals surface area contributed by atoms with E-state index in [4.69, 9.17) is 21.1 Å². The summed E-state index contributed by atoms with van der Waals surface area (Å²) in [5.41, 5.74) is 4.01. The van der Waals surface area contributed by atoms with Crippen LogP contribution in [0.15, 0.2) is 91.4 Å². The van der Waals surface area contributed by atoms with Gasteiger partial charge in [-0.25, -0.2) is 0 Å². The zero-order valence-electron chi connectivity index (χ0n) is 17.8. The zero-order chi connectivity index (χ0) is 22.2. The van der Waals surface area contributed by atoms with E-state index in [1.165, 1.54) is 0 Å². The molecule has 0 amide bonds. The highest BCUT2D eigenvalue weighted by Gasteiger charge is 2.15. The van der Waals surface area contributed by atoms with Gasteiger partial charge < -0.3 is 14.4 Å². The van der Waals surface area contributed by atoms with Crippen molar-refractivity contribution in [3.63, 3.8) is 0 Å². The Morgan fingerprint density at radius 2 is 1.78 bits per heavy atom. The van der Waals surface area contributed by atoms with Gasteiger partial charge in [0.15, 0.2) is 11.5 Å². The number of methoxy groups -OCH3 is 1. The van der Waals surface area contributed by atoms with Gasteiger partial charge in [0, 0.05) is 59.7 Å². The summed E-state index contributed by atoms with van der Waals surface area (Å²) in [5.74, 6) is 1.36. The maximum absolute atomic E-state index is 6.30. The third-order valence-corrected chi connectivity index (χ3v) is 5.22. The molecule has 5 nitrogen and oxygen atoms in total. The van der Waals surface area contributed by atoms with Crippen LogP contribution in [0.1, 0.15) is 11.3 Å². The van der Waals surface area contributed by atoms with Crippen LogP contribution < -0.4 is 14.4 Å². The molecule has 0 spiro atoms. The summed E-state index contributed by atoms with van der Waals surface area (Å²) in [6.07, 6.45) is 6.14. The molecule has 0 saturated carbocycles. The Kier molecular flexibility index (Phi) is 7.20. The minimum atomic E-state index is 0.497. The summed E-state index contributed by atoms with van der Waals surface area (Å²) >= 11 is 6.30. The molecule has 4 rings (SSSR count). The van der Waals surface area contributed by atoms with Gasteiger partial charge in [0.05, 0.1) is 13.7 Å². The molecule has 32 heavy (non-hydrogen) atoms. The molecule has 2 aromatic heterocycles. The Labute approximate surface area is 193 Å². The van der Waals surface area contributed by atoms with Gasteiger partial charge in [-0.1, -0.05) is 29.8 Å². The zero-order valence-corrected chi connectivity index (χ0v) is 18.6. The Morgan fingerprint density at radius 1 is 0.875 bits per heavy atom. The first-order valence-electron chi connectivity index (χ1n) is 10.4. The minimum Gasteiger partial charge on any atom is -0.493 e. The first kappa shape index (κ1) is 21.7. The normalized spacial score (nSPS) is 10.6. The topological polar surface area (TPSA) is 47.5 Å². The Balaban J connectivity index is 1.62. The molecule has 6 heteroatoms. The maximum atomic E-state index is 6.30. The number of hydrogen-bond acceptors (Lipinski definition) is 5. The SMILES string of the molecule is COc1ccc(N(Cc2cccnc2)c2cccc(Cl)c2)cc1OCCc1ccccn1. The third kappa shape index (κ3) is 5.56. The average Bonchev–Trinajstić information content (AvgIpc) is 2.84. The minimum absolute atomic E-state index is 0.497. The van der Waals surface area contributed by atoms with Crippen LogP contribution in [0.3, 0.4) is 0 Å². The van der Waals surface area contributed by atoms with Crippen LogP contribution in [0.5, 0.6) is 11.5 Å². The van der Waals surface area contributed by atoms with Gasteiger partial charge in [-0.15, -0.1) is 0 Å². The van der Waals surface area contributed by atoms with Crippen molar-refractivity contribution in [2.24, 2.45) is 0 Å². The van der Waals surface area contributed by atoms with Gasteiger partial charge in [0.25, 0.3) is 0 Å². The third-order valence-electron chi connectivity index (χ3n) is 4.98. The molecule has 2 heterocycles. The number of pyridine rings is 2. The second-order valence-electron chi connectivity index (χ2n) is 7.18. The van der Waals surface area contributed by atoms with Gasteiger partial charge in [-0.05, 0) is 54.1 Å². The lowest BCUT2D eigenvalue weighted by atomic mass is 10.2. The fraction of sp³-hybridized carbons (Fsp3) is 0.154. The van der Waals surface area contributed by atoms with Crippen molar-refractivity contribution in [3.05, 3.63) is 108 Å². The second-order valence-corrected chi connectivity index (χ2v) is 7.62. The molecule has 2 aromatic carbocycles. The van der Waals surface area contributed by atoms with Crippen LogP contribution in [0.25, 0.3) is 0 Å². The summed E-state index contributed by atoms with van der Waals surface area (Å²) in [6, 6.07) is 23.6. The van der Waals surface area contributed by atoms with Gasteiger partial charge in [-0.3, -0.25) is 9.97 Å². The number of anilines is 2. The van der Waals surface area contributed by atoms with Crippen LogP contribution in [0.2, 0.25) is 5.02 Å². The molecule has 0 bridgehead atoms. The lowest BCUT2D eigenvalue weighted by Crippen LogP contribution is -2.17. The lowest BCUT2D eigenvalue weighted by Gasteiger charge is -2.26. The van der Waals surface area contributed by atoms with Crippen molar-refractivity contribution < 1.29 is 9.47 Å². The van der Waals surface area contributed by atoms with Gasteiger partial charge in [0.2, 0.25) is 0 Å². The van der Waals surface area contributed by atoms with E-state index >= 15 is 0 Å². The van der Waals surface area contributed by atoms with Gasteiger partial charge in [-0.2, -0.15) is 0 Å². The first-order valence-corrected chi connectivity index (χ1v) is 10.7. The highest BCUT2D eigenvalue weighted by molar-refractivity contribution is 6.30. The molecule has 0 radical (unpaired) electrons. The molecular weight excluding hydrogens is 422 g/mol. The predicted molar refractivity (Wildman–Crippen MR) is 128 cm³/mol. The molecule has 0 aliphatic heterocycles. The van der Waals surface area contributed by atoms with Gasteiger partial charge in [0.1, 0.15) is 0 Å². The Hall–Kier alpha value is -3.57. The number of aromatic nitrogens is 2. The molecule has 0 unspecified atom stereocenters. The Bertz CT molecular complexity index is 1140. The van der Waals surface area contributed by atoms with Crippen molar-refractivity contribution >= 4 is 23.0 Å². The van der Waals surface area contributed by atoms with Crippen LogP contribution in [-0.2, 0) is 13.0 Å². The molecule has 0 atom stereocenters. The van der Waals surface area contributed by atoms with E-state index < -0.39 is 0 Å². The molecule has 0 saturated heterocycles. The summed E-state index contributed by atoms with van der Waals surface area (Å²) < 4.78 is 11.6. The summed E-state index contributed by atoms with van der Waals surface area (Å²) in [5, 5.41) is 0.680. The van der Waals surface area contributed by atoms with Crippen molar-refractivity contribution in [3.8, 4) is 11.5 Å². The standard InChI is InChI=1S/C26H24ClN3O2/c1-31-25-11-10-24(17-26(25)32-15-12-22-8-2-3-14-29-22)30(19-20-6-5-13-28-18-20)23-9-4-7-21(27)16-23/h2-11,13-14,16-18H,12,15,19H2,1H3. The van der Waals surface area contributed by atoms with Crippen molar-refractivity contribution in [1.29, 1.82) is 0 Å². The summed E-state index contributed by atoms with van der Waals surface area (Å²) in [7, 11) is 1.64. The molecular formula is C26H24ClN3O2. The number of ether oxygens (including phenoxy) is 2. The van der Waals surface area contributed by atoms with Crippen molar-refractivity contribution in [1.82, 2.24) is 9.97 Å². The van der Waals surface area contributed by atoms with Crippen LogP contribution in [0.4, 0.5) is 11.4 Å². The number of rotatable bonds is 9. The largest absolute Gasteiger partial charge is 0.493 e. The number of nitrogens with zero attached hydrogens (tertiary/aromatic N) is 3. The van der Waals surface area contributed by atoms with E-state index in [0.717, 1.165) is 22.6 Å². The number of halogens is 1. The molecule has 0 aliphatic carbocycles. The monoisotopic (exact) mass is 445 g/mol. The van der Waals surface area contributed by atoms with Crippen molar-refractivity contribution in [2.75, 3.05) is 18.6 Å². The average molecular weight is 446 g/mol. The Morgan fingerprint density at radius 3 is 2.53 bits per heavy atom. The fourth-order valence-electron chi connectivity index (χ4n) is 3.41. The second kappa shape index (κ2) is 10.6. The van der Waals surface area contributed by atoms with Crippen molar-refractivity contribution in [2.45, 2.75) is 13.0 Å². The fourth-order valence-corrected chi connectivity index (χ4v) is 3.59. The van der Waals surface area contributed by atoms with E-state index in [9.17, 15) is 0 Å². The quantitative estimate of drug-likeness (QED) is 0.311. The highest BCUT2D eigenvalue weighted by Crippen LogP contribution is 2.36. The van der Waals surface area contributed by atoms with Crippen LogP contribution >= 0.6 is 11.6 Å². The number of hydrogen-bond donors (Lipinski definition) is 0. The van der Waals surface area contributed by atoms with E-state index in [-0.39, 0.29) is 0 Å². The summed E-state index contributed by atoms with van der Waals surface area (Å²) in [4.78, 5) is 10.8. The smallest absolute Gasteiger partial charge is 0.163 e. The van der Waals surface area contributed by atoms with E-state index in [2.05, 4.69) is 20.9 Å². The van der Waals surface area contributed by atoms with Gasteiger partial charge >= 0.3 is 0 Å². The highest BCUT2D eigenvalue weighted by atomic mass is 35.5. The lowest BCUT2D eigenvalue weighted by molar-refractivity contribution is 0.297.